The first-order valence-corrected chi connectivity index (χ1v) is 11.3. The Morgan fingerprint density at radius 3 is 2.64 bits per heavy atom. The Hall–Kier alpha value is -2.58. The predicted octanol–water partition coefficient (Wildman–Crippen LogP) is 3.28. The Kier molecular flexibility index (Phi) is 5.23. The topological polar surface area (TPSA) is 72.3 Å². The van der Waals surface area contributed by atoms with Crippen LogP contribution in [0.25, 0.3) is 0 Å². The van der Waals surface area contributed by atoms with Crippen molar-refractivity contribution >= 4 is 27.7 Å². The zero-order valence-corrected chi connectivity index (χ0v) is 16.6. The molecule has 8 heteroatoms. The van der Waals surface area contributed by atoms with Gasteiger partial charge in [-0.3, -0.25) is 9.78 Å². The Labute approximate surface area is 168 Å². The molecule has 3 heterocycles. The lowest BCUT2D eigenvalue weighted by Crippen LogP contribution is -2.38. The van der Waals surface area contributed by atoms with E-state index >= 15 is 0 Å². The summed E-state index contributed by atoms with van der Waals surface area (Å²) in [5.74, 6) is 0.668. The van der Waals surface area contributed by atoms with E-state index in [1.165, 1.54) is 3.97 Å². The van der Waals surface area contributed by atoms with Crippen molar-refractivity contribution in [1.29, 1.82) is 0 Å². The first-order chi connectivity index (χ1) is 13.6. The molecule has 0 radical (unpaired) electrons. The lowest BCUT2D eigenvalue weighted by Gasteiger charge is -2.35. The summed E-state index contributed by atoms with van der Waals surface area (Å²) in [7, 11) is -3.74. The van der Waals surface area contributed by atoms with Crippen molar-refractivity contribution in [3.8, 4) is 0 Å². The molecule has 1 amide bonds. The predicted molar refractivity (Wildman–Crippen MR) is 108 cm³/mol. The van der Waals surface area contributed by atoms with Crippen LogP contribution in [0.5, 0.6) is 0 Å². The van der Waals surface area contributed by atoms with Crippen LogP contribution < -0.4 is 0 Å². The summed E-state index contributed by atoms with van der Waals surface area (Å²) < 4.78 is 27.6. The van der Waals surface area contributed by atoms with Crippen LogP contribution in [0.2, 0.25) is 0 Å². The Morgan fingerprint density at radius 1 is 1.07 bits per heavy atom. The van der Waals surface area contributed by atoms with Gasteiger partial charge in [0, 0.05) is 37.3 Å². The minimum atomic E-state index is -3.74. The van der Waals surface area contributed by atoms with Gasteiger partial charge in [0.15, 0.2) is 0 Å². The normalized spacial score (nSPS) is 17.6. The number of pyridine rings is 1. The molecule has 0 bridgehead atoms. The van der Waals surface area contributed by atoms with Gasteiger partial charge in [0.2, 0.25) is 5.91 Å². The monoisotopic (exact) mass is 413 g/mol. The molecule has 1 aliphatic rings. The van der Waals surface area contributed by atoms with Crippen molar-refractivity contribution in [2.75, 3.05) is 5.75 Å². The maximum atomic E-state index is 13.1. The summed E-state index contributed by atoms with van der Waals surface area (Å²) in [6, 6.07) is 15.5. The molecule has 0 N–H and O–H groups in total. The van der Waals surface area contributed by atoms with E-state index in [2.05, 4.69) is 4.98 Å². The van der Waals surface area contributed by atoms with E-state index in [4.69, 9.17) is 0 Å². The highest BCUT2D eigenvalue weighted by Crippen LogP contribution is 2.39. The fraction of sp³-hybridized carbons (Fsp3) is 0.200. The highest BCUT2D eigenvalue weighted by Gasteiger charge is 2.34. The van der Waals surface area contributed by atoms with Crippen LogP contribution >= 0.6 is 11.8 Å². The second-order valence-electron chi connectivity index (χ2n) is 6.40. The molecule has 2 aromatic heterocycles. The largest absolute Gasteiger partial charge is 0.321 e. The molecule has 1 aromatic carbocycles. The third-order valence-electron chi connectivity index (χ3n) is 4.57. The number of thioether (sulfide) groups is 1. The van der Waals surface area contributed by atoms with E-state index in [-0.39, 0.29) is 16.2 Å². The minimum Gasteiger partial charge on any atom is -0.321 e. The molecule has 0 spiro atoms. The van der Waals surface area contributed by atoms with Crippen molar-refractivity contribution in [2.45, 2.75) is 23.2 Å². The van der Waals surface area contributed by atoms with Gasteiger partial charge in [-0.1, -0.05) is 24.3 Å². The van der Waals surface area contributed by atoms with Crippen LogP contribution in [0.15, 0.2) is 78.1 Å². The van der Waals surface area contributed by atoms with E-state index < -0.39 is 10.0 Å². The number of hydrogen-bond acceptors (Lipinski definition) is 5. The fourth-order valence-electron chi connectivity index (χ4n) is 3.22. The maximum Gasteiger partial charge on any atom is 0.267 e. The highest BCUT2D eigenvalue weighted by molar-refractivity contribution is 7.99. The van der Waals surface area contributed by atoms with Crippen molar-refractivity contribution in [3.05, 3.63) is 84.4 Å². The third-order valence-corrected chi connectivity index (χ3v) is 7.54. The van der Waals surface area contributed by atoms with E-state index in [0.29, 0.717) is 24.4 Å². The quantitative estimate of drug-likeness (QED) is 0.642. The average Bonchev–Trinajstić information content (AvgIpc) is 3.22. The molecule has 4 rings (SSSR count). The van der Waals surface area contributed by atoms with Gasteiger partial charge in [0.1, 0.15) is 5.37 Å². The Morgan fingerprint density at radius 2 is 1.89 bits per heavy atom. The number of benzene rings is 1. The van der Waals surface area contributed by atoms with Gasteiger partial charge in [-0.15, -0.1) is 11.8 Å². The van der Waals surface area contributed by atoms with Crippen LogP contribution in [-0.2, 0) is 21.4 Å². The molecule has 3 aromatic rings. The molecule has 6 nitrogen and oxygen atoms in total. The fourth-order valence-corrected chi connectivity index (χ4v) is 5.94. The number of carbonyl (C=O) groups is 1. The molecule has 1 atom stereocenters. The molecule has 1 saturated heterocycles. The lowest BCUT2D eigenvalue weighted by molar-refractivity contribution is -0.132. The summed E-state index contributed by atoms with van der Waals surface area (Å²) in [6.07, 6.45) is 5.39. The Bertz CT molecular complexity index is 1070. The summed E-state index contributed by atoms with van der Waals surface area (Å²) in [5.41, 5.74) is 1.48. The summed E-state index contributed by atoms with van der Waals surface area (Å²) in [6.45, 7) is 0.390. The van der Waals surface area contributed by atoms with Crippen molar-refractivity contribution in [3.63, 3.8) is 0 Å². The number of amides is 1. The van der Waals surface area contributed by atoms with Gasteiger partial charge in [0.05, 0.1) is 10.6 Å². The van der Waals surface area contributed by atoms with Crippen molar-refractivity contribution in [2.24, 2.45) is 0 Å². The van der Waals surface area contributed by atoms with Gasteiger partial charge in [-0.05, 0) is 35.9 Å². The van der Waals surface area contributed by atoms with E-state index in [1.54, 1.807) is 77.7 Å². The number of rotatable bonds is 5. The lowest BCUT2D eigenvalue weighted by atomic mass is 10.2. The summed E-state index contributed by atoms with van der Waals surface area (Å²) >= 11 is 1.58. The maximum absolute atomic E-state index is 13.1. The Balaban J connectivity index is 1.72. The third kappa shape index (κ3) is 3.57. The van der Waals surface area contributed by atoms with E-state index in [0.717, 1.165) is 5.56 Å². The van der Waals surface area contributed by atoms with Crippen LogP contribution in [0.4, 0.5) is 0 Å². The molecule has 1 fully saturated rings. The number of hydrogen-bond donors (Lipinski definition) is 0. The van der Waals surface area contributed by atoms with Gasteiger partial charge in [-0.25, -0.2) is 12.4 Å². The zero-order chi connectivity index (χ0) is 19.6. The number of aromatic nitrogens is 2. The summed E-state index contributed by atoms with van der Waals surface area (Å²) in [4.78, 5) is 18.7. The van der Waals surface area contributed by atoms with E-state index in [9.17, 15) is 13.2 Å². The van der Waals surface area contributed by atoms with Gasteiger partial charge in [0.25, 0.3) is 10.0 Å². The number of carbonyl (C=O) groups excluding carboxylic acids is 1. The van der Waals surface area contributed by atoms with Crippen molar-refractivity contribution < 1.29 is 13.2 Å². The molecule has 1 aliphatic heterocycles. The van der Waals surface area contributed by atoms with Crippen LogP contribution in [0, 0.1) is 0 Å². The van der Waals surface area contributed by atoms with Crippen LogP contribution in [-0.4, -0.2) is 33.9 Å². The molecule has 144 valence electrons. The zero-order valence-electron chi connectivity index (χ0n) is 15.0. The first-order valence-electron chi connectivity index (χ1n) is 8.85. The highest BCUT2D eigenvalue weighted by atomic mass is 32.2. The molecule has 28 heavy (non-hydrogen) atoms. The first kappa shape index (κ1) is 18.8. The molecule has 1 unspecified atom stereocenters. The number of nitrogens with zero attached hydrogens (tertiary/aromatic N) is 3. The van der Waals surface area contributed by atoms with Crippen molar-refractivity contribution in [1.82, 2.24) is 13.9 Å². The second-order valence-corrected chi connectivity index (χ2v) is 9.41. The van der Waals surface area contributed by atoms with Gasteiger partial charge in [-0.2, -0.15) is 0 Å². The smallest absolute Gasteiger partial charge is 0.267 e. The second kappa shape index (κ2) is 7.81. The SMILES string of the molecule is O=C1CCSC(c2cccn2S(=O)(=O)c2ccccc2)N1Cc1cccnc1. The van der Waals surface area contributed by atoms with Gasteiger partial charge >= 0.3 is 0 Å². The molecule has 0 aliphatic carbocycles. The van der Waals surface area contributed by atoms with Crippen LogP contribution in [0.1, 0.15) is 23.1 Å². The molecular weight excluding hydrogens is 394 g/mol. The molecule has 0 saturated carbocycles. The average molecular weight is 414 g/mol. The minimum absolute atomic E-state index is 0.0115. The van der Waals surface area contributed by atoms with Gasteiger partial charge < -0.3 is 4.90 Å². The van der Waals surface area contributed by atoms with Crippen LogP contribution in [0.3, 0.4) is 0 Å². The standard InChI is InChI=1S/C20H19N3O3S2/c24-19-10-13-27-20(22(19)15-16-6-4-11-21-14-16)18-9-5-12-23(18)28(25,26)17-7-2-1-3-8-17/h1-9,11-12,14,20H,10,13,15H2. The molecular formula is C20H19N3O3S2. The van der Waals surface area contributed by atoms with E-state index in [1.807, 2.05) is 12.1 Å². The summed E-state index contributed by atoms with van der Waals surface area (Å²) in [5, 5.41) is -0.380.